The van der Waals surface area contributed by atoms with Gasteiger partial charge in [-0.05, 0) is 49.7 Å². The molecule has 0 aliphatic carbocycles. The molecule has 0 unspecified atom stereocenters. The fourth-order valence-electron chi connectivity index (χ4n) is 3.58. The first-order valence-corrected chi connectivity index (χ1v) is 11.3. The molecule has 0 bridgehead atoms. The fourth-order valence-corrected chi connectivity index (χ4v) is 3.58. The average Bonchev–Trinajstić information content (AvgIpc) is 2.81. The Bertz CT molecular complexity index is 1030. The summed E-state index contributed by atoms with van der Waals surface area (Å²) in [5.41, 5.74) is 7.64. The zero-order chi connectivity index (χ0) is 25.1. The molecule has 2 radical (unpaired) electrons. The third-order valence-corrected chi connectivity index (χ3v) is 5.52. The summed E-state index contributed by atoms with van der Waals surface area (Å²) in [5, 5.41) is 2.49. The summed E-state index contributed by atoms with van der Waals surface area (Å²) < 4.78 is 20.0. The number of hydrogen-bond donors (Lipinski definition) is 2. The number of nitrogens with one attached hydrogen (secondary N) is 1. The molecule has 0 aromatic heterocycles. The quantitative estimate of drug-likeness (QED) is 0.282. The van der Waals surface area contributed by atoms with Crippen molar-refractivity contribution < 1.29 is 18.7 Å². The molecule has 9 heteroatoms. The topological polar surface area (TPSA) is 97.0 Å². The lowest BCUT2D eigenvalue weighted by molar-refractivity contribution is -0.119. The average molecular weight is 466 g/mol. The first-order chi connectivity index (χ1) is 16.3. The molecular weight excluding hydrogens is 434 g/mol. The van der Waals surface area contributed by atoms with Gasteiger partial charge in [-0.1, -0.05) is 37.5 Å². The number of ketones is 1. The van der Waals surface area contributed by atoms with Crippen LogP contribution in [0.5, 0.6) is 5.75 Å². The molecule has 180 valence electrons. The molecule has 0 spiro atoms. The van der Waals surface area contributed by atoms with E-state index in [9.17, 15) is 14.0 Å². The first kappa shape index (κ1) is 27.1. The van der Waals surface area contributed by atoms with Crippen LogP contribution in [0.25, 0.3) is 0 Å². The van der Waals surface area contributed by atoms with Gasteiger partial charge in [0.2, 0.25) is 0 Å². The first-order valence-electron chi connectivity index (χ1n) is 11.3. The Hall–Kier alpha value is -3.20. The van der Waals surface area contributed by atoms with Gasteiger partial charge in [0.1, 0.15) is 25.2 Å². The molecule has 0 fully saturated rings. The number of methoxy groups -OCH3 is 1. The number of halogens is 1. The lowest BCUT2D eigenvalue weighted by Crippen LogP contribution is -2.37. The van der Waals surface area contributed by atoms with E-state index in [1.165, 1.54) is 18.2 Å². The number of guanidine groups is 1. The van der Waals surface area contributed by atoms with Gasteiger partial charge >= 0.3 is 0 Å². The van der Waals surface area contributed by atoms with E-state index >= 15 is 0 Å². The summed E-state index contributed by atoms with van der Waals surface area (Å²) >= 11 is 0. The maximum atomic E-state index is 14.6. The molecule has 2 aromatic rings. The van der Waals surface area contributed by atoms with Crippen molar-refractivity contribution in [1.29, 1.82) is 0 Å². The molecule has 0 saturated heterocycles. The molecule has 3 N–H and O–H groups in total. The number of benzene rings is 2. The third-order valence-electron chi connectivity index (χ3n) is 5.52. The van der Waals surface area contributed by atoms with Crippen LogP contribution in [0.1, 0.15) is 41.8 Å². The van der Waals surface area contributed by atoms with Gasteiger partial charge in [0, 0.05) is 24.1 Å². The predicted octanol–water partition coefficient (Wildman–Crippen LogP) is 1.76. The van der Waals surface area contributed by atoms with Crippen molar-refractivity contribution in [2.45, 2.75) is 33.1 Å². The number of aliphatic imine (C=N–C) groups is 1. The molecule has 2 aromatic carbocycles. The Kier molecular flexibility index (Phi) is 10.7. The summed E-state index contributed by atoms with van der Waals surface area (Å²) in [6.07, 6.45) is 0.903. The van der Waals surface area contributed by atoms with Crippen molar-refractivity contribution in [2.75, 3.05) is 33.3 Å². The molecule has 0 heterocycles. The second-order valence-corrected chi connectivity index (χ2v) is 7.81. The second kappa shape index (κ2) is 13.5. The minimum absolute atomic E-state index is 0.0518. The highest BCUT2D eigenvalue weighted by Crippen LogP contribution is 2.21. The molecular formula is C25H32BFN4O3. The third kappa shape index (κ3) is 7.99. The number of rotatable bonds is 12. The van der Waals surface area contributed by atoms with Gasteiger partial charge in [-0.3, -0.25) is 24.8 Å². The number of amides is 1. The Labute approximate surface area is 202 Å². The Morgan fingerprint density at radius 3 is 2.59 bits per heavy atom. The number of ether oxygens (including phenoxy) is 1. The van der Waals surface area contributed by atoms with Crippen molar-refractivity contribution in [1.82, 2.24) is 10.2 Å². The van der Waals surface area contributed by atoms with Crippen LogP contribution >= 0.6 is 0 Å². The van der Waals surface area contributed by atoms with Gasteiger partial charge in [0.05, 0.1) is 13.7 Å². The monoisotopic (exact) mass is 466 g/mol. The molecule has 34 heavy (non-hydrogen) atoms. The number of carbonyl (C=O) groups excluding carboxylic acids is 2. The summed E-state index contributed by atoms with van der Waals surface area (Å²) in [4.78, 5) is 30.9. The van der Waals surface area contributed by atoms with Crippen LogP contribution in [0.4, 0.5) is 4.39 Å². The smallest absolute Gasteiger partial charge is 0.258 e. The highest BCUT2D eigenvalue weighted by molar-refractivity contribution is 6.32. The maximum absolute atomic E-state index is 14.6. The minimum Gasteiger partial charge on any atom is -0.496 e. The van der Waals surface area contributed by atoms with Crippen LogP contribution in [0.15, 0.2) is 41.4 Å². The van der Waals surface area contributed by atoms with E-state index in [-0.39, 0.29) is 42.3 Å². The lowest BCUT2D eigenvalue weighted by atomic mass is 9.91. The van der Waals surface area contributed by atoms with Gasteiger partial charge < -0.3 is 10.5 Å². The van der Waals surface area contributed by atoms with E-state index in [4.69, 9.17) is 18.3 Å². The normalized spacial score (nSPS) is 11.5. The Morgan fingerprint density at radius 1 is 1.18 bits per heavy atom. The summed E-state index contributed by atoms with van der Waals surface area (Å²) in [6, 6.07) is 9.56. The van der Waals surface area contributed by atoms with Crippen molar-refractivity contribution in [3.63, 3.8) is 0 Å². The van der Waals surface area contributed by atoms with Gasteiger partial charge in [0.15, 0.2) is 5.96 Å². The number of likely N-dealkylation sites (N-methyl/N-ethyl adjacent to an activating group) is 1. The van der Waals surface area contributed by atoms with E-state index in [1.54, 1.807) is 25.3 Å². The van der Waals surface area contributed by atoms with Crippen LogP contribution in [0.2, 0.25) is 0 Å². The van der Waals surface area contributed by atoms with Crippen LogP contribution in [-0.4, -0.2) is 63.7 Å². The highest BCUT2D eigenvalue weighted by Gasteiger charge is 2.17. The van der Waals surface area contributed by atoms with E-state index < -0.39 is 11.7 Å². The van der Waals surface area contributed by atoms with Gasteiger partial charge in [-0.2, -0.15) is 0 Å². The van der Waals surface area contributed by atoms with E-state index in [1.807, 2.05) is 18.7 Å². The molecule has 7 nitrogen and oxygen atoms in total. The molecule has 2 rings (SSSR count). The summed E-state index contributed by atoms with van der Waals surface area (Å²) in [5.74, 6) is -0.481. The molecule has 0 atom stereocenters. The van der Waals surface area contributed by atoms with Gasteiger partial charge in [-0.25, -0.2) is 4.39 Å². The molecule has 0 aliphatic rings. The summed E-state index contributed by atoms with van der Waals surface area (Å²) in [6.45, 7) is 6.11. The van der Waals surface area contributed by atoms with Crippen molar-refractivity contribution in [3.05, 3.63) is 58.9 Å². The zero-order valence-electron chi connectivity index (χ0n) is 20.1. The number of carbonyl (C=O) groups is 2. The molecule has 0 saturated carbocycles. The van der Waals surface area contributed by atoms with Crippen molar-refractivity contribution >= 4 is 31.0 Å². The number of nitrogens with zero attached hydrogens (tertiary/aromatic N) is 2. The Morgan fingerprint density at radius 2 is 1.91 bits per heavy atom. The second-order valence-electron chi connectivity index (χ2n) is 7.81. The Balaban J connectivity index is 2.04. The molecule has 1 amide bonds. The van der Waals surface area contributed by atoms with Crippen LogP contribution in [0, 0.1) is 5.82 Å². The zero-order valence-corrected chi connectivity index (χ0v) is 20.1. The standard InChI is InChI=1S/C25H32BFN4O3/c1-4-31(5-2)16-19(32)13-14-29-25(28)30-24(33)21-7-6-8-22(27)20(21)11-9-17-15-18(26)10-12-23(17)34-3/h6-8,10,12,15H,4-5,9,11,13-14,16H2,1-3H3,(H3,28,29,30,33). The fraction of sp³-hybridized carbons (Fsp3) is 0.400. The maximum Gasteiger partial charge on any atom is 0.258 e. The van der Waals surface area contributed by atoms with E-state index in [0.717, 1.165) is 18.7 Å². The SMILES string of the molecule is [B]c1ccc(OC)c(CCc2c(F)cccc2C(=O)NC(N)=NCCC(=O)CN(CC)CC)c1. The van der Waals surface area contributed by atoms with Crippen LogP contribution in [-0.2, 0) is 17.6 Å². The van der Waals surface area contributed by atoms with Crippen LogP contribution < -0.4 is 21.3 Å². The minimum atomic E-state index is -0.565. The van der Waals surface area contributed by atoms with Crippen LogP contribution in [0.3, 0.4) is 0 Å². The van der Waals surface area contributed by atoms with Gasteiger partial charge in [0.25, 0.3) is 5.91 Å². The predicted molar refractivity (Wildman–Crippen MR) is 134 cm³/mol. The molecule has 0 aliphatic heterocycles. The number of Topliss-reactive ketones (excluding diaryl/α,β-unsaturated/α-hetero) is 1. The van der Waals surface area contributed by atoms with Gasteiger partial charge in [-0.15, -0.1) is 0 Å². The lowest BCUT2D eigenvalue weighted by Gasteiger charge is -2.16. The van der Waals surface area contributed by atoms with Crippen molar-refractivity contribution in [2.24, 2.45) is 10.7 Å². The van der Waals surface area contributed by atoms with Crippen molar-refractivity contribution in [3.8, 4) is 5.75 Å². The van der Waals surface area contributed by atoms with E-state index in [0.29, 0.717) is 24.2 Å². The largest absolute Gasteiger partial charge is 0.496 e. The number of hydrogen-bond acceptors (Lipinski definition) is 5. The highest BCUT2D eigenvalue weighted by atomic mass is 19.1. The van der Waals surface area contributed by atoms with E-state index in [2.05, 4.69) is 10.3 Å². The number of nitrogens with two attached hydrogens (primary N) is 1. The number of aryl methyl sites for hydroxylation is 1. The summed E-state index contributed by atoms with van der Waals surface area (Å²) in [7, 11) is 7.42.